The fourth-order valence-electron chi connectivity index (χ4n) is 2.84. The van der Waals surface area contributed by atoms with Gasteiger partial charge in [0.05, 0.1) is 6.61 Å². The summed E-state index contributed by atoms with van der Waals surface area (Å²) in [5.74, 6) is 0. The summed E-state index contributed by atoms with van der Waals surface area (Å²) in [4.78, 5) is 0. The highest BCUT2D eigenvalue weighted by atomic mass is 16.3. The van der Waals surface area contributed by atoms with E-state index in [1.807, 2.05) is 19.1 Å². The molecule has 0 saturated heterocycles. The van der Waals surface area contributed by atoms with Crippen LogP contribution in [-0.4, -0.2) is 11.7 Å². The van der Waals surface area contributed by atoms with Gasteiger partial charge >= 0.3 is 0 Å². The third-order valence-corrected chi connectivity index (χ3v) is 4.19. The highest BCUT2D eigenvalue weighted by Gasteiger charge is 2.26. The molecule has 1 N–H and O–H groups in total. The molecule has 0 aromatic carbocycles. The zero-order chi connectivity index (χ0) is 15.9. The lowest BCUT2D eigenvalue weighted by molar-refractivity contribution is 0.342. The second-order valence-electron chi connectivity index (χ2n) is 6.67. The van der Waals surface area contributed by atoms with Gasteiger partial charge in [-0.15, -0.1) is 0 Å². The van der Waals surface area contributed by atoms with E-state index in [-0.39, 0.29) is 6.61 Å². The molecule has 1 heteroatoms. The summed E-state index contributed by atoms with van der Waals surface area (Å²) in [6.07, 6.45) is 16.3. The minimum Gasteiger partial charge on any atom is -0.392 e. The van der Waals surface area contributed by atoms with Crippen LogP contribution in [-0.2, 0) is 0 Å². The van der Waals surface area contributed by atoms with Gasteiger partial charge in [0, 0.05) is 0 Å². The molecule has 1 aliphatic carbocycles. The molecule has 1 nitrogen and oxygen atoms in total. The molecule has 0 amide bonds. The molecule has 0 aliphatic heterocycles. The molecule has 116 valence electrons. The fraction of sp³-hybridized carbons (Fsp3) is 0.500. The predicted octanol–water partition coefficient (Wildman–Crippen LogP) is 5.51. The van der Waals surface area contributed by atoms with E-state index in [0.29, 0.717) is 5.41 Å². The summed E-state index contributed by atoms with van der Waals surface area (Å²) in [5.41, 5.74) is 5.66. The summed E-state index contributed by atoms with van der Waals surface area (Å²) in [5, 5.41) is 8.81. The van der Waals surface area contributed by atoms with Crippen molar-refractivity contribution in [3.8, 4) is 0 Å². The van der Waals surface area contributed by atoms with E-state index in [4.69, 9.17) is 5.11 Å². The highest BCUT2D eigenvalue weighted by molar-refractivity contribution is 5.37. The molecule has 21 heavy (non-hydrogen) atoms. The normalized spacial score (nSPS) is 20.9. The monoisotopic (exact) mass is 291 g/mol. The van der Waals surface area contributed by atoms with Crippen molar-refractivity contribution >= 4 is 0 Å². The van der Waals surface area contributed by atoms with E-state index >= 15 is 0 Å². The van der Waals surface area contributed by atoms with Crippen LogP contribution < -0.4 is 0 Å². The van der Waals surface area contributed by atoms with Gasteiger partial charge in [0.2, 0.25) is 0 Å². The molecule has 0 fully saturated rings. The number of aliphatic hydroxyl groups is 1. The summed E-state index contributed by atoms with van der Waals surface area (Å²) in [6.45, 7) is 11.2. The van der Waals surface area contributed by atoms with Crippen LogP contribution in [0.5, 0.6) is 0 Å². The van der Waals surface area contributed by atoms with E-state index in [1.165, 1.54) is 36.0 Å². The standard InChI is InChI=1S/C20H30O/c1-16(8-6-9-17(2)13-15-21)11-12-19-18(3)10-7-14-20(19,4)5/h6,8-9,11-13,21H,7,10,14-15H2,1-5H3/b9-6+,12-11+,16-8+,17-13+/i2+1,9+1,13+1,15+1,17+1. The summed E-state index contributed by atoms with van der Waals surface area (Å²) < 4.78 is 0. The van der Waals surface area contributed by atoms with Gasteiger partial charge in [0.15, 0.2) is 0 Å². The average Bonchev–Trinajstić information content (AvgIpc) is 2.37. The molecular weight excluding hydrogens is 261 g/mol. The van der Waals surface area contributed by atoms with E-state index in [2.05, 4.69) is 45.9 Å². The van der Waals surface area contributed by atoms with Crippen molar-refractivity contribution in [2.45, 2.75) is 53.9 Å². The number of hydrogen-bond donors (Lipinski definition) is 1. The lowest BCUT2D eigenvalue weighted by atomic mass is 9.72. The molecule has 0 saturated carbocycles. The molecule has 0 aromatic heterocycles. The molecule has 1 rings (SSSR count). The first-order valence-electron chi connectivity index (χ1n) is 7.87. The zero-order valence-corrected chi connectivity index (χ0v) is 14.2. The average molecular weight is 291 g/mol. The molecule has 0 unspecified atom stereocenters. The van der Waals surface area contributed by atoms with E-state index in [1.54, 1.807) is 6.08 Å². The van der Waals surface area contributed by atoms with Gasteiger partial charge in [-0.3, -0.25) is 0 Å². The molecule has 0 bridgehead atoms. The lowest BCUT2D eigenvalue weighted by Gasteiger charge is -2.32. The van der Waals surface area contributed by atoms with Gasteiger partial charge in [-0.25, -0.2) is 0 Å². The van der Waals surface area contributed by atoms with Crippen molar-refractivity contribution in [3.05, 3.63) is 58.7 Å². The zero-order valence-electron chi connectivity index (χ0n) is 14.2. The lowest BCUT2D eigenvalue weighted by Crippen LogP contribution is -2.19. The molecule has 0 aromatic rings. The maximum atomic E-state index is 8.81. The molecule has 1 aliphatic rings. The Kier molecular flexibility index (Phi) is 6.91. The SMILES string of the molecule is CC1=C(/C=C/C(C)=C/C=[13CH]/[13C]([13CH3])=[13CH]/[13CH2]O)C(C)(C)CCC1. The molecule has 0 heterocycles. The molecule has 0 spiro atoms. The number of rotatable bonds is 5. The Balaban J connectivity index is 2.78. The Morgan fingerprint density at radius 2 is 1.90 bits per heavy atom. The van der Waals surface area contributed by atoms with Crippen molar-refractivity contribution in [3.63, 3.8) is 0 Å². The van der Waals surface area contributed by atoms with Crippen LogP contribution in [0.25, 0.3) is 0 Å². The predicted molar refractivity (Wildman–Crippen MR) is 93.2 cm³/mol. The van der Waals surface area contributed by atoms with Crippen molar-refractivity contribution < 1.29 is 5.11 Å². The van der Waals surface area contributed by atoms with Crippen molar-refractivity contribution in [1.82, 2.24) is 0 Å². The first-order valence-corrected chi connectivity index (χ1v) is 7.87. The third-order valence-electron chi connectivity index (χ3n) is 4.19. The number of hydrogen-bond acceptors (Lipinski definition) is 1. The summed E-state index contributed by atoms with van der Waals surface area (Å²) >= 11 is 0. The van der Waals surface area contributed by atoms with E-state index in [9.17, 15) is 0 Å². The quantitative estimate of drug-likeness (QED) is 0.523. The molecule has 0 atom stereocenters. The first-order chi connectivity index (χ1) is 9.86. The van der Waals surface area contributed by atoms with Gasteiger partial charge in [-0.2, -0.15) is 0 Å². The number of allylic oxidation sites excluding steroid dienone is 9. The smallest absolute Gasteiger partial charge is 0.0617 e. The van der Waals surface area contributed by atoms with Crippen LogP contribution in [0.1, 0.15) is 53.9 Å². The van der Waals surface area contributed by atoms with Gasteiger partial charge in [0.25, 0.3) is 0 Å². The Morgan fingerprint density at radius 3 is 2.52 bits per heavy atom. The van der Waals surface area contributed by atoms with Gasteiger partial charge in [-0.1, -0.05) is 67.0 Å². The van der Waals surface area contributed by atoms with Crippen LogP contribution in [0.15, 0.2) is 58.7 Å². The maximum absolute atomic E-state index is 8.81. The Labute approximate surface area is 130 Å². The van der Waals surface area contributed by atoms with Crippen molar-refractivity contribution in [1.29, 1.82) is 0 Å². The fourth-order valence-corrected chi connectivity index (χ4v) is 2.84. The molecule has 0 radical (unpaired) electrons. The third kappa shape index (κ3) is 5.89. The Morgan fingerprint density at radius 1 is 1.19 bits per heavy atom. The van der Waals surface area contributed by atoms with Crippen molar-refractivity contribution in [2.75, 3.05) is 6.61 Å². The Bertz CT molecular complexity index is 496. The summed E-state index contributed by atoms with van der Waals surface area (Å²) in [6, 6.07) is 0. The van der Waals surface area contributed by atoms with Gasteiger partial charge in [-0.05, 0) is 51.0 Å². The summed E-state index contributed by atoms with van der Waals surface area (Å²) in [7, 11) is 0. The van der Waals surface area contributed by atoms with Crippen molar-refractivity contribution in [2.24, 2.45) is 5.41 Å². The van der Waals surface area contributed by atoms with Gasteiger partial charge < -0.3 is 5.11 Å². The highest BCUT2D eigenvalue weighted by Crippen LogP contribution is 2.40. The maximum Gasteiger partial charge on any atom is 0.0617 e. The second-order valence-corrected chi connectivity index (χ2v) is 6.67. The van der Waals surface area contributed by atoms with Crippen LogP contribution in [0, 0.1) is 5.41 Å². The van der Waals surface area contributed by atoms with Crippen LogP contribution in [0.2, 0.25) is 0 Å². The topological polar surface area (TPSA) is 20.2 Å². The largest absolute Gasteiger partial charge is 0.392 e. The molecular formula is C20H30O. The Hall–Kier alpha value is -1.34. The second kappa shape index (κ2) is 8.19. The van der Waals surface area contributed by atoms with Crippen LogP contribution in [0.4, 0.5) is 0 Å². The van der Waals surface area contributed by atoms with E-state index < -0.39 is 0 Å². The first kappa shape index (κ1) is 17.7. The number of aliphatic hydroxyl groups excluding tert-OH is 1. The minimum absolute atomic E-state index is 0.0985. The van der Waals surface area contributed by atoms with E-state index in [0.717, 1.165) is 5.57 Å². The van der Waals surface area contributed by atoms with Crippen LogP contribution in [0.3, 0.4) is 0 Å². The minimum atomic E-state index is 0.0985. The van der Waals surface area contributed by atoms with Crippen LogP contribution >= 0.6 is 0 Å². The van der Waals surface area contributed by atoms with Gasteiger partial charge in [0.1, 0.15) is 0 Å².